The highest BCUT2D eigenvalue weighted by Gasteiger charge is 2.30. The lowest BCUT2D eigenvalue weighted by Crippen LogP contribution is -2.39. The summed E-state index contributed by atoms with van der Waals surface area (Å²) in [6, 6.07) is 0. The molecule has 1 aromatic heterocycles. The molecule has 0 aliphatic heterocycles. The van der Waals surface area contributed by atoms with Crippen molar-refractivity contribution in [3.8, 4) is 0 Å². The van der Waals surface area contributed by atoms with E-state index in [1.165, 1.54) is 12.4 Å². The quantitative estimate of drug-likeness (QED) is 0.910. The second-order valence-electron chi connectivity index (χ2n) is 3.45. The predicted molar refractivity (Wildman–Crippen MR) is 59.2 cm³/mol. The second-order valence-corrected chi connectivity index (χ2v) is 3.83. The van der Waals surface area contributed by atoms with Gasteiger partial charge in [0.25, 0.3) is 0 Å². The van der Waals surface area contributed by atoms with E-state index < -0.39 is 18.6 Å². The van der Waals surface area contributed by atoms with E-state index in [-0.39, 0.29) is 17.5 Å². The summed E-state index contributed by atoms with van der Waals surface area (Å²) in [6.07, 6.45) is -1.81. The average molecular weight is 283 g/mol. The van der Waals surface area contributed by atoms with Gasteiger partial charge < -0.3 is 10.2 Å². The maximum absolute atomic E-state index is 12.0. The van der Waals surface area contributed by atoms with Gasteiger partial charge in [-0.05, 0) is 0 Å². The minimum atomic E-state index is -4.42. The normalized spacial score (nSPS) is 11.2. The van der Waals surface area contributed by atoms with Crippen LogP contribution >= 0.6 is 11.6 Å². The standard InChI is InChI=1S/C9H10ClF3N4O/c1-17(5-9(11,12)13)8(18)4-15-7-3-14-2-6(10)16-7/h2-3H,4-5H2,1H3,(H,15,16). The van der Waals surface area contributed by atoms with Crippen LogP contribution < -0.4 is 5.32 Å². The van der Waals surface area contributed by atoms with E-state index in [0.717, 1.165) is 7.05 Å². The van der Waals surface area contributed by atoms with E-state index in [2.05, 4.69) is 15.3 Å². The number of carbonyl (C=O) groups is 1. The van der Waals surface area contributed by atoms with E-state index >= 15 is 0 Å². The Bertz CT molecular complexity index is 427. The van der Waals surface area contributed by atoms with Crippen LogP contribution in [0.4, 0.5) is 19.0 Å². The summed E-state index contributed by atoms with van der Waals surface area (Å²) >= 11 is 5.55. The molecule has 0 spiro atoms. The van der Waals surface area contributed by atoms with Crippen LogP contribution in [0.2, 0.25) is 5.15 Å². The Morgan fingerprint density at radius 2 is 2.17 bits per heavy atom. The van der Waals surface area contributed by atoms with Gasteiger partial charge in [0.05, 0.1) is 18.9 Å². The molecule has 1 N–H and O–H groups in total. The van der Waals surface area contributed by atoms with Crippen LogP contribution in [0.3, 0.4) is 0 Å². The monoisotopic (exact) mass is 282 g/mol. The van der Waals surface area contributed by atoms with Gasteiger partial charge in [-0.3, -0.25) is 9.78 Å². The van der Waals surface area contributed by atoms with E-state index in [9.17, 15) is 18.0 Å². The molecule has 1 heterocycles. The number of amides is 1. The third-order valence-electron chi connectivity index (χ3n) is 1.87. The molecule has 100 valence electrons. The molecule has 18 heavy (non-hydrogen) atoms. The lowest BCUT2D eigenvalue weighted by Gasteiger charge is -2.19. The molecule has 0 aliphatic carbocycles. The summed E-state index contributed by atoms with van der Waals surface area (Å²) in [5.74, 6) is -0.495. The molecule has 1 rings (SSSR count). The van der Waals surface area contributed by atoms with E-state index in [1.807, 2.05) is 0 Å². The first kappa shape index (κ1) is 14.5. The molecule has 9 heteroatoms. The minimum Gasteiger partial charge on any atom is -0.360 e. The third-order valence-corrected chi connectivity index (χ3v) is 2.05. The summed E-state index contributed by atoms with van der Waals surface area (Å²) in [5.41, 5.74) is 0. The largest absolute Gasteiger partial charge is 0.406 e. The molecule has 0 saturated heterocycles. The number of aromatic nitrogens is 2. The highest BCUT2D eigenvalue weighted by atomic mass is 35.5. The van der Waals surface area contributed by atoms with Crippen LogP contribution in [0.1, 0.15) is 0 Å². The van der Waals surface area contributed by atoms with Gasteiger partial charge in [0.15, 0.2) is 0 Å². The van der Waals surface area contributed by atoms with Crippen molar-refractivity contribution in [3.05, 3.63) is 17.5 Å². The van der Waals surface area contributed by atoms with Crippen LogP contribution in [-0.4, -0.2) is 47.1 Å². The number of carbonyl (C=O) groups excluding carboxylic acids is 1. The zero-order chi connectivity index (χ0) is 13.8. The first-order valence-electron chi connectivity index (χ1n) is 4.80. The highest BCUT2D eigenvalue weighted by molar-refractivity contribution is 6.29. The Kier molecular flexibility index (Phi) is 4.71. The van der Waals surface area contributed by atoms with Gasteiger partial charge in [0.1, 0.15) is 17.5 Å². The van der Waals surface area contributed by atoms with Gasteiger partial charge in [0.2, 0.25) is 5.91 Å². The number of nitrogens with zero attached hydrogens (tertiary/aromatic N) is 3. The van der Waals surface area contributed by atoms with Crippen LogP contribution in [-0.2, 0) is 4.79 Å². The molecule has 0 aromatic carbocycles. The SMILES string of the molecule is CN(CC(F)(F)F)C(=O)CNc1cncc(Cl)n1. The maximum atomic E-state index is 12.0. The first-order chi connectivity index (χ1) is 8.28. The summed E-state index contributed by atoms with van der Waals surface area (Å²) in [7, 11) is 1.07. The molecule has 0 fully saturated rings. The molecule has 0 aliphatic rings. The minimum absolute atomic E-state index is 0.121. The van der Waals surface area contributed by atoms with Crippen LogP contribution in [0.15, 0.2) is 12.4 Å². The topological polar surface area (TPSA) is 58.1 Å². The molecule has 0 saturated carbocycles. The van der Waals surface area contributed by atoms with Crippen molar-refractivity contribution < 1.29 is 18.0 Å². The van der Waals surface area contributed by atoms with Crippen molar-refractivity contribution >= 4 is 23.3 Å². The molecule has 0 unspecified atom stereocenters. The zero-order valence-corrected chi connectivity index (χ0v) is 10.1. The Hall–Kier alpha value is -1.57. The smallest absolute Gasteiger partial charge is 0.360 e. The lowest BCUT2D eigenvalue weighted by atomic mass is 10.4. The number of nitrogens with one attached hydrogen (secondary N) is 1. The Balaban J connectivity index is 2.46. The second kappa shape index (κ2) is 5.85. The fourth-order valence-corrected chi connectivity index (χ4v) is 1.23. The number of anilines is 1. The summed E-state index contributed by atoms with van der Waals surface area (Å²) in [6.45, 7) is -1.61. The van der Waals surface area contributed by atoms with Crippen molar-refractivity contribution in [1.29, 1.82) is 0 Å². The number of alkyl halides is 3. The van der Waals surface area contributed by atoms with Gasteiger partial charge in [-0.25, -0.2) is 4.98 Å². The first-order valence-corrected chi connectivity index (χ1v) is 5.18. The lowest BCUT2D eigenvalue weighted by molar-refractivity contribution is -0.157. The molecule has 1 amide bonds. The Morgan fingerprint density at radius 3 is 2.72 bits per heavy atom. The van der Waals surface area contributed by atoms with E-state index in [4.69, 9.17) is 11.6 Å². The molecule has 1 aromatic rings. The van der Waals surface area contributed by atoms with Crippen molar-refractivity contribution in [2.75, 3.05) is 25.5 Å². The van der Waals surface area contributed by atoms with Crippen molar-refractivity contribution in [1.82, 2.24) is 14.9 Å². The van der Waals surface area contributed by atoms with Crippen LogP contribution in [0.25, 0.3) is 0 Å². The fraction of sp³-hybridized carbons (Fsp3) is 0.444. The number of rotatable bonds is 4. The van der Waals surface area contributed by atoms with Crippen molar-refractivity contribution in [2.45, 2.75) is 6.18 Å². The number of halogens is 4. The third kappa shape index (κ3) is 5.17. The van der Waals surface area contributed by atoms with Crippen molar-refractivity contribution in [2.24, 2.45) is 0 Å². The molecule has 0 atom stereocenters. The summed E-state index contributed by atoms with van der Waals surface area (Å²) in [4.78, 5) is 19.4. The number of hydrogen-bond donors (Lipinski definition) is 1. The summed E-state index contributed by atoms with van der Waals surface area (Å²) in [5, 5.41) is 2.66. The Labute approximate surface area is 106 Å². The van der Waals surface area contributed by atoms with Gasteiger partial charge in [0, 0.05) is 7.05 Å². The maximum Gasteiger partial charge on any atom is 0.406 e. The van der Waals surface area contributed by atoms with Gasteiger partial charge in [-0.1, -0.05) is 11.6 Å². The number of hydrogen-bond acceptors (Lipinski definition) is 4. The van der Waals surface area contributed by atoms with Crippen molar-refractivity contribution in [3.63, 3.8) is 0 Å². The molecule has 0 radical (unpaired) electrons. The number of likely N-dealkylation sites (N-methyl/N-ethyl adjacent to an activating group) is 1. The van der Waals surface area contributed by atoms with Gasteiger partial charge in [-0.2, -0.15) is 13.2 Å². The predicted octanol–water partition coefficient (Wildman–Crippen LogP) is 1.56. The van der Waals surface area contributed by atoms with E-state index in [0.29, 0.717) is 4.90 Å². The molecular formula is C9H10ClF3N4O. The van der Waals surface area contributed by atoms with Crippen LogP contribution in [0, 0.1) is 0 Å². The average Bonchev–Trinajstić information content (AvgIpc) is 2.23. The Morgan fingerprint density at radius 1 is 1.50 bits per heavy atom. The van der Waals surface area contributed by atoms with Gasteiger partial charge >= 0.3 is 6.18 Å². The molecular weight excluding hydrogens is 273 g/mol. The highest BCUT2D eigenvalue weighted by Crippen LogP contribution is 2.15. The van der Waals surface area contributed by atoms with Crippen LogP contribution in [0.5, 0.6) is 0 Å². The summed E-state index contributed by atoms with van der Waals surface area (Å²) < 4.78 is 36.1. The fourth-order valence-electron chi connectivity index (χ4n) is 1.09. The molecule has 5 nitrogen and oxygen atoms in total. The molecule has 0 bridgehead atoms. The van der Waals surface area contributed by atoms with Gasteiger partial charge in [-0.15, -0.1) is 0 Å². The van der Waals surface area contributed by atoms with E-state index in [1.54, 1.807) is 0 Å². The zero-order valence-electron chi connectivity index (χ0n) is 9.33.